The van der Waals surface area contributed by atoms with E-state index in [-0.39, 0.29) is 11.6 Å². The molecule has 8 heteroatoms. The number of fused-ring (bicyclic) bond motifs is 1. The number of nitro groups is 1. The Bertz CT molecular complexity index is 876. The largest absolute Gasteiger partial charge is 0.356 e. The van der Waals surface area contributed by atoms with Gasteiger partial charge in [-0.1, -0.05) is 6.07 Å². The van der Waals surface area contributed by atoms with Crippen molar-refractivity contribution in [2.75, 3.05) is 18.0 Å². The third kappa shape index (κ3) is 2.55. The van der Waals surface area contributed by atoms with Crippen LogP contribution in [-0.2, 0) is 0 Å². The molecule has 0 aliphatic carbocycles. The lowest BCUT2D eigenvalue weighted by molar-refractivity contribution is -0.385. The zero-order chi connectivity index (χ0) is 16.5. The highest BCUT2D eigenvalue weighted by molar-refractivity contribution is 5.44. The molecule has 1 atom stereocenters. The van der Waals surface area contributed by atoms with E-state index < -0.39 is 4.92 Å². The smallest absolute Gasteiger partial charge is 0.287 e. The van der Waals surface area contributed by atoms with Gasteiger partial charge in [-0.3, -0.25) is 14.5 Å². The lowest BCUT2D eigenvalue weighted by Crippen LogP contribution is -2.35. The number of anilines is 1. The van der Waals surface area contributed by atoms with Gasteiger partial charge in [0.05, 0.1) is 4.92 Å². The fraction of sp³-hybridized carbons (Fsp3) is 0.312. The Morgan fingerprint density at radius 3 is 2.92 bits per heavy atom. The van der Waals surface area contributed by atoms with Crippen LogP contribution in [0.3, 0.4) is 0 Å². The molecule has 0 amide bonds. The van der Waals surface area contributed by atoms with E-state index >= 15 is 0 Å². The summed E-state index contributed by atoms with van der Waals surface area (Å²) in [4.78, 5) is 16.7. The molecule has 4 rings (SSSR count). The Hall–Kier alpha value is -3.03. The number of aromatic nitrogens is 4. The van der Waals surface area contributed by atoms with Gasteiger partial charge in [0.1, 0.15) is 17.8 Å². The van der Waals surface area contributed by atoms with Gasteiger partial charge in [-0.15, -0.1) is 10.2 Å². The van der Waals surface area contributed by atoms with Gasteiger partial charge >= 0.3 is 0 Å². The van der Waals surface area contributed by atoms with Crippen molar-refractivity contribution in [1.29, 1.82) is 0 Å². The maximum atomic E-state index is 10.8. The molecule has 4 heterocycles. The van der Waals surface area contributed by atoms with Crippen molar-refractivity contribution in [1.82, 2.24) is 19.6 Å². The zero-order valence-electron chi connectivity index (χ0n) is 12.9. The maximum Gasteiger partial charge on any atom is 0.287 e. The number of pyridine rings is 2. The van der Waals surface area contributed by atoms with Gasteiger partial charge in [-0.05, 0) is 31.0 Å². The summed E-state index contributed by atoms with van der Waals surface area (Å²) < 4.78 is 2.03. The van der Waals surface area contributed by atoms with Crippen molar-refractivity contribution >= 4 is 17.2 Å². The molecule has 0 saturated carbocycles. The van der Waals surface area contributed by atoms with Gasteiger partial charge in [0.15, 0.2) is 5.65 Å². The molecule has 3 aromatic heterocycles. The zero-order valence-corrected chi connectivity index (χ0v) is 12.9. The van der Waals surface area contributed by atoms with Crippen LogP contribution >= 0.6 is 0 Å². The summed E-state index contributed by atoms with van der Waals surface area (Å²) in [5.41, 5.74) is 0.855. The van der Waals surface area contributed by atoms with Crippen LogP contribution in [-0.4, -0.2) is 37.6 Å². The number of rotatable bonds is 3. The number of hydrogen-bond donors (Lipinski definition) is 0. The summed E-state index contributed by atoms with van der Waals surface area (Å²) in [6.45, 7) is 1.67. The normalized spacial score (nSPS) is 18.0. The van der Waals surface area contributed by atoms with Crippen molar-refractivity contribution in [2.24, 2.45) is 0 Å². The summed E-state index contributed by atoms with van der Waals surface area (Å²) in [5.74, 6) is 1.98. The molecule has 8 nitrogen and oxygen atoms in total. The molecule has 0 radical (unpaired) electrons. The standard InChI is InChI=1S/C16H16N6O2/c23-22(24)13-6-7-14(17-10-13)20-8-3-4-12(11-20)16-19-18-15-5-1-2-9-21(15)16/h1-2,5-7,9-10,12H,3-4,8,11H2. The second-order valence-electron chi connectivity index (χ2n) is 5.90. The van der Waals surface area contributed by atoms with E-state index in [1.165, 1.54) is 12.3 Å². The van der Waals surface area contributed by atoms with Crippen LogP contribution in [0, 0.1) is 10.1 Å². The van der Waals surface area contributed by atoms with Gasteiger partial charge in [0, 0.05) is 31.3 Å². The molecule has 1 aliphatic heterocycles. The molecular weight excluding hydrogens is 308 g/mol. The lowest BCUT2D eigenvalue weighted by atomic mass is 9.97. The molecule has 122 valence electrons. The first-order valence-electron chi connectivity index (χ1n) is 7.87. The molecule has 24 heavy (non-hydrogen) atoms. The fourth-order valence-corrected chi connectivity index (χ4v) is 3.21. The van der Waals surface area contributed by atoms with Crippen LogP contribution in [0.5, 0.6) is 0 Å². The van der Waals surface area contributed by atoms with Gasteiger partial charge in [0.2, 0.25) is 0 Å². The Morgan fingerprint density at radius 1 is 1.21 bits per heavy atom. The van der Waals surface area contributed by atoms with Gasteiger partial charge < -0.3 is 4.90 Å². The highest BCUT2D eigenvalue weighted by atomic mass is 16.6. The Labute approximate surface area is 137 Å². The van der Waals surface area contributed by atoms with Crippen LogP contribution < -0.4 is 4.90 Å². The molecule has 3 aromatic rings. The first kappa shape index (κ1) is 14.6. The molecule has 0 N–H and O–H groups in total. The third-order valence-electron chi connectivity index (χ3n) is 4.39. The van der Waals surface area contributed by atoms with Crippen LogP contribution in [0.2, 0.25) is 0 Å². The van der Waals surface area contributed by atoms with E-state index in [1.54, 1.807) is 6.07 Å². The molecule has 1 unspecified atom stereocenters. The first-order chi connectivity index (χ1) is 11.7. The van der Waals surface area contributed by atoms with Crippen LogP contribution in [0.25, 0.3) is 5.65 Å². The topological polar surface area (TPSA) is 89.5 Å². The van der Waals surface area contributed by atoms with E-state index in [0.29, 0.717) is 0 Å². The monoisotopic (exact) mass is 324 g/mol. The van der Waals surface area contributed by atoms with Crippen molar-refractivity contribution in [3.63, 3.8) is 0 Å². The van der Waals surface area contributed by atoms with Crippen LogP contribution in [0.1, 0.15) is 24.6 Å². The van der Waals surface area contributed by atoms with Crippen molar-refractivity contribution in [2.45, 2.75) is 18.8 Å². The lowest BCUT2D eigenvalue weighted by Gasteiger charge is -2.32. The van der Waals surface area contributed by atoms with Crippen LogP contribution in [0.4, 0.5) is 11.5 Å². The van der Waals surface area contributed by atoms with Crippen molar-refractivity contribution in [3.8, 4) is 0 Å². The quantitative estimate of drug-likeness (QED) is 0.543. The molecule has 0 aromatic carbocycles. The minimum Gasteiger partial charge on any atom is -0.356 e. The van der Waals surface area contributed by atoms with Crippen LogP contribution in [0.15, 0.2) is 42.7 Å². The summed E-state index contributed by atoms with van der Waals surface area (Å²) in [5, 5.41) is 19.3. The first-order valence-corrected chi connectivity index (χ1v) is 7.87. The summed E-state index contributed by atoms with van der Waals surface area (Å²) in [6.07, 6.45) is 5.35. The maximum absolute atomic E-state index is 10.8. The SMILES string of the molecule is O=[N+]([O-])c1ccc(N2CCCC(c3nnc4ccccn34)C2)nc1. The average Bonchev–Trinajstić information content (AvgIpc) is 3.06. The number of nitrogens with zero attached hydrogens (tertiary/aromatic N) is 6. The molecule has 1 aliphatic rings. The van der Waals surface area contributed by atoms with Gasteiger partial charge in [-0.2, -0.15) is 0 Å². The highest BCUT2D eigenvalue weighted by Gasteiger charge is 2.26. The van der Waals surface area contributed by atoms with E-state index in [0.717, 1.165) is 43.2 Å². The second-order valence-corrected chi connectivity index (χ2v) is 5.90. The second kappa shape index (κ2) is 5.88. The fourth-order valence-electron chi connectivity index (χ4n) is 3.21. The summed E-state index contributed by atoms with van der Waals surface area (Å²) in [6, 6.07) is 9.07. The molecule has 1 fully saturated rings. The van der Waals surface area contributed by atoms with E-state index in [9.17, 15) is 10.1 Å². The molecular formula is C16H16N6O2. The Balaban J connectivity index is 1.58. The Kier molecular flexibility index (Phi) is 3.56. The number of piperidine rings is 1. The van der Waals surface area contributed by atoms with E-state index in [4.69, 9.17) is 0 Å². The van der Waals surface area contributed by atoms with Gasteiger partial charge in [-0.25, -0.2) is 4.98 Å². The molecule has 0 spiro atoms. The van der Waals surface area contributed by atoms with Crippen molar-refractivity contribution in [3.05, 3.63) is 58.7 Å². The van der Waals surface area contributed by atoms with Crippen molar-refractivity contribution < 1.29 is 4.92 Å². The average molecular weight is 324 g/mol. The number of hydrogen-bond acceptors (Lipinski definition) is 6. The Morgan fingerprint density at radius 2 is 2.12 bits per heavy atom. The van der Waals surface area contributed by atoms with Gasteiger partial charge in [0.25, 0.3) is 5.69 Å². The molecule has 0 bridgehead atoms. The van der Waals surface area contributed by atoms with E-state index in [2.05, 4.69) is 20.1 Å². The summed E-state index contributed by atoms with van der Waals surface area (Å²) >= 11 is 0. The highest BCUT2D eigenvalue weighted by Crippen LogP contribution is 2.29. The molecule has 1 saturated heterocycles. The van der Waals surface area contributed by atoms with E-state index in [1.807, 2.05) is 28.8 Å². The summed E-state index contributed by atoms with van der Waals surface area (Å²) in [7, 11) is 0. The third-order valence-corrected chi connectivity index (χ3v) is 4.39. The predicted molar refractivity (Wildman–Crippen MR) is 88.1 cm³/mol. The predicted octanol–water partition coefficient (Wildman–Crippen LogP) is 2.42. The minimum atomic E-state index is -0.432. The minimum absolute atomic E-state index is 0.00996.